The molecule has 2 aromatic rings. The lowest BCUT2D eigenvalue weighted by molar-refractivity contribution is 0.445. The zero-order valence-corrected chi connectivity index (χ0v) is 9.35. The predicted octanol–water partition coefficient (Wildman–Crippen LogP) is 1.59. The van der Waals surface area contributed by atoms with E-state index in [2.05, 4.69) is 32.0 Å². The minimum Gasteiger partial charge on any atom is -0.356 e. The van der Waals surface area contributed by atoms with Gasteiger partial charge in [0.2, 0.25) is 0 Å². The first-order chi connectivity index (χ1) is 7.84. The van der Waals surface area contributed by atoms with Gasteiger partial charge in [0, 0.05) is 13.1 Å². The van der Waals surface area contributed by atoms with E-state index in [-0.39, 0.29) is 0 Å². The van der Waals surface area contributed by atoms with Crippen molar-refractivity contribution in [2.75, 3.05) is 18.0 Å². The first-order valence-electron chi connectivity index (χ1n) is 5.73. The molecule has 5 heteroatoms. The lowest BCUT2D eigenvalue weighted by Crippen LogP contribution is -2.34. The van der Waals surface area contributed by atoms with Gasteiger partial charge in [-0.3, -0.25) is 5.10 Å². The van der Waals surface area contributed by atoms with Crippen molar-refractivity contribution in [2.24, 2.45) is 5.92 Å². The van der Waals surface area contributed by atoms with Gasteiger partial charge in [0.25, 0.3) is 0 Å². The van der Waals surface area contributed by atoms with Crippen LogP contribution in [0.4, 0.5) is 5.82 Å². The first-order valence-corrected chi connectivity index (χ1v) is 5.73. The fourth-order valence-corrected chi connectivity index (χ4v) is 2.39. The van der Waals surface area contributed by atoms with Crippen LogP contribution in [0.2, 0.25) is 0 Å². The summed E-state index contributed by atoms with van der Waals surface area (Å²) >= 11 is 0. The van der Waals surface area contributed by atoms with Crippen molar-refractivity contribution in [1.82, 2.24) is 20.2 Å². The summed E-state index contributed by atoms with van der Waals surface area (Å²) in [5.74, 6) is 1.76. The van der Waals surface area contributed by atoms with Gasteiger partial charge in [-0.15, -0.1) is 0 Å². The predicted molar refractivity (Wildman–Crippen MR) is 62.3 cm³/mol. The van der Waals surface area contributed by atoms with E-state index in [1.807, 2.05) is 6.20 Å². The number of H-pyrrole nitrogens is 1. The molecule has 1 fully saturated rings. The topological polar surface area (TPSA) is 57.7 Å². The summed E-state index contributed by atoms with van der Waals surface area (Å²) in [5.41, 5.74) is 0.822. The Kier molecular flexibility index (Phi) is 2.23. The van der Waals surface area contributed by atoms with Gasteiger partial charge in [0.15, 0.2) is 5.65 Å². The normalized spacial score (nSPS) is 21.6. The molecule has 2 aromatic heterocycles. The van der Waals surface area contributed by atoms with Gasteiger partial charge in [-0.25, -0.2) is 9.97 Å². The van der Waals surface area contributed by atoms with Crippen molar-refractivity contribution in [1.29, 1.82) is 0 Å². The van der Waals surface area contributed by atoms with Gasteiger partial charge in [0.05, 0.1) is 11.6 Å². The SMILES string of the molecule is C[C@@H]1CCCN(c2ncnc3[nH]ncc23)C1. The first kappa shape index (κ1) is 9.57. The molecule has 0 saturated carbocycles. The molecule has 0 radical (unpaired) electrons. The summed E-state index contributed by atoms with van der Waals surface area (Å²) in [6, 6.07) is 0. The van der Waals surface area contributed by atoms with E-state index in [1.165, 1.54) is 12.8 Å². The molecular formula is C11H15N5. The molecule has 1 aliphatic rings. The van der Waals surface area contributed by atoms with Gasteiger partial charge in [-0.2, -0.15) is 5.10 Å². The summed E-state index contributed by atoms with van der Waals surface area (Å²) in [6.45, 7) is 4.46. The summed E-state index contributed by atoms with van der Waals surface area (Å²) < 4.78 is 0. The third-order valence-corrected chi connectivity index (χ3v) is 3.18. The minimum absolute atomic E-state index is 0.741. The average Bonchev–Trinajstić information content (AvgIpc) is 2.76. The monoisotopic (exact) mass is 217 g/mol. The standard InChI is InChI=1S/C11H15N5/c1-8-3-2-4-16(6-8)11-9-5-14-15-10(9)12-7-13-11/h5,7-8H,2-4,6H2,1H3,(H,12,13,14,15)/t8-/m1/s1. The number of rotatable bonds is 1. The van der Waals surface area contributed by atoms with Crippen LogP contribution >= 0.6 is 0 Å². The fourth-order valence-electron chi connectivity index (χ4n) is 2.39. The van der Waals surface area contributed by atoms with Crippen LogP contribution in [0.3, 0.4) is 0 Å². The molecule has 0 aromatic carbocycles. The fraction of sp³-hybridized carbons (Fsp3) is 0.545. The zero-order chi connectivity index (χ0) is 11.0. The molecule has 5 nitrogen and oxygen atoms in total. The van der Waals surface area contributed by atoms with Gasteiger partial charge in [0.1, 0.15) is 12.1 Å². The number of aromatic nitrogens is 4. The Bertz CT molecular complexity index is 492. The summed E-state index contributed by atoms with van der Waals surface area (Å²) in [5, 5.41) is 7.93. The van der Waals surface area contributed by atoms with Gasteiger partial charge in [-0.1, -0.05) is 6.92 Å². The van der Waals surface area contributed by atoms with Gasteiger partial charge < -0.3 is 4.90 Å². The molecule has 0 unspecified atom stereocenters. The van der Waals surface area contributed by atoms with Crippen molar-refractivity contribution in [2.45, 2.75) is 19.8 Å². The van der Waals surface area contributed by atoms with Gasteiger partial charge >= 0.3 is 0 Å². The highest BCUT2D eigenvalue weighted by Gasteiger charge is 2.19. The Balaban J connectivity index is 2.01. The number of fused-ring (bicyclic) bond motifs is 1. The average molecular weight is 217 g/mol. The smallest absolute Gasteiger partial charge is 0.160 e. The molecule has 0 aliphatic carbocycles. The maximum absolute atomic E-state index is 4.39. The lowest BCUT2D eigenvalue weighted by Gasteiger charge is -2.31. The molecule has 84 valence electrons. The zero-order valence-electron chi connectivity index (χ0n) is 9.35. The molecule has 3 rings (SSSR count). The van der Waals surface area contributed by atoms with E-state index in [1.54, 1.807) is 6.33 Å². The Morgan fingerprint density at radius 2 is 2.38 bits per heavy atom. The second kappa shape index (κ2) is 3.73. The van der Waals surface area contributed by atoms with Crippen LogP contribution in [-0.2, 0) is 0 Å². The lowest BCUT2D eigenvalue weighted by atomic mass is 10.0. The van der Waals surface area contributed by atoms with Gasteiger partial charge in [-0.05, 0) is 18.8 Å². The van der Waals surface area contributed by atoms with Crippen molar-refractivity contribution in [3.63, 3.8) is 0 Å². The van der Waals surface area contributed by atoms with Crippen LogP contribution in [0, 0.1) is 5.92 Å². The molecule has 1 atom stereocenters. The van der Waals surface area contributed by atoms with Crippen LogP contribution < -0.4 is 4.90 Å². The molecule has 0 amide bonds. The van der Waals surface area contributed by atoms with Crippen LogP contribution in [0.15, 0.2) is 12.5 Å². The summed E-state index contributed by atoms with van der Waals surface area (Å²) in [7, 11) is 0. The molecule has 1 saturated heterocycles. The molecule has 0 bridgehead atoms. The Labute approximate surface area is 93.9 Å². The highest BCUT2D eigenvalue weighted by molar-refractivity contribution is 5.86. The number of nitrogens with one attached hydrogen (secondary N) is 1. The number of aromatic amines is 1. The quantitative estimate of drug-likeness (QED) is 0.788. The number of anilines is 1. The van der Waals surface area contributed by atoms with Crippen molar-refractivity contribution in [3.8, 4) is 0 Å². The van der Waals surface area contributed by atoms with Crippen molar-refractivity contribution < 1.29 is 0 Å². The third-order valence-electron chi connectivity index (χ3n) is 3.18. The number of piperidine rings is 1. The van der Waals surface area contributed by atoms with E-state index in [0.29, 0.717) is 0 Å². The largest absolute Gasteiger partial charge is 0.356 e. The third kappa shape index (κ3) is 1.52. The molecule has 3 heterocycles. The molecule has 16 heavy (non-hydrogen) atoms. The highest BCUT2D eigenvalue weighted by atomic mass is 15.2. The maximum atomic E-state index is 4.39. The number of hydrogen-bond acceptors (Lipinski definition) is 4. The van der Waals surface area contributed by atoms with E-state index >= 15 is 0 Å². The Morgan fingerprint density at radius 1 is 1.44 bits per heavy atom. The maximum Gasteiger partial charge on any atom is 0.160 e. The molecular weight excluding hydrogens is 202 g/mol. The molecule has 1 N–H and O–H groups in total. The summed E-state index contributed by atoms with van der Waals surface area (Å²) in [4.78, 5) is 10.9. The van der Waals surface area contributed by atoms with E-state index in [0.717, 1.165) is 35.9 Å². The van der Waals surface area contributed by atoms with Crippen molar-refractivity contribution in [3.05, 3.63) is 12.5 Å². The highest BCUT2D eigenvalue weighted by Crippen LogP contribution is 2.25. The second-order valence-electron chi connectivity index (χ2n) is 4.52. The Hall–Kier alpha value is -1.65. The molecule has 0 spiro atoms. The van der Waals surface area contributed by atoms with E-state index < -0.39 is 0 Å². The Morgan fingerprint density at radius 3 is 3.25 bits per heavy atom. The van der Waals surface area contributed by atoms with E-state index in [9.17, 15) is 0 Å². The van der Waals surface area contributed by atoms with Crippen LogP contribution in [0.5, 0.6) is 0 Å². The number of hydrogen-bond donors (Lipinski definition) is 1. The van der Waals surface area contributed by atoms with E-state index in [4.69, 9.17) is 0 Å². The van der Waals surface area contributed by atoms with Crippen molar-refractivity contribution >= 4 is 16.9 Å². The molecule has 1 aliphatic heterocycles. The second-order valence-corrected chi connectivity index (χ2v) is 4.52. The summed E-state index contributed by atoms with van der Waals surface area (Å²) in [6.07, 6.45) is 5.97. The van der Waals surface area contributed by atoms with Crippen LogP contribution in [0.25, 0.3) is 11.0 Å². The minimum atomic E-state index is 0.741. The van der Waals surface area contributed by atoms with Crippen LogP contribution in [0.1, 0.15) is 19.8 Å². The van der Waals surface area contributed by atoms with Crippen LogP contribution in [-0.4, -0.2) is 33.3 Å². The number of nitrogens with zero attached hydrogens (tertiary/aromatic N) is 4.